The second-order valence-corrected chi connectivity index (χ2v) is 6.69. The van der Waals surface area contributed by atoms with Gasteiger partial charge in [-0.2, -0.15) is 0 Å². The number of nitrogens with zero attached hydrogens (tertiary/aromatic N) is 2. The first-order valence-corrected chi connectivity index (χ1v) is 8.13. The Hall–Kier alpha value is -2.74. The molecule has 3 rings (SSSR count). The molecule has 0 unspecified atom stereocenters. The van der Waals surface area contributed by atoms with Crippen LogP contribution < -0.4 is 5.32 Å². The minimum Gasteiger partial charge on any atom is -0.319 e. The zero-order chi connectivity index (χ0) is 17.5. The third-order valence-electron chi connectivity index (χ3n) is 4.23. The van der Waals surface area contributed by atoms with E-state index in [1.54, 1.807) is 32.0 Å². The lowest BCUT2D eigenvalue weighted by molar-refractivity contribution is -0.385. The molecule has 1 atom stereocenters. The first-order chi connectivity index (χ1) is 11.3. The smallest absolute Gasteiger partial charge is 0.319 e. The quantitative estimate of drug-likeness (QED) is 0.524. The van der Waals surface area contributed by atoms with Crippen molar-refractivity contribution < 1.29 is 14.5 Å². The Bertz CT molecular complexity index is 834. The average Bonchev–Trinajstić information content (AvgIpc) is 3.13. The maximum atomic E-state index is 12.8. The minimum absolute atomic E-state index is 0.000848. The van der Waals surface area contributed by atoms with E-state index in [1.165, 1.54) is 17.4 Å². The second-order valence-electron chi connectivity index (χ2n) is 5.74. The number of hydrogen-bond donors (Lipinski definition) is 1. The summed E-state index contributed by atoms with van der Waals surface area (Å²) in [6, 6.07) is 7.76. The molecule has 1 aliphatic heterocycles. The van der Waals surface area contributed by atoms with Gasteiger partial charge in [0.15, 0.2) is 5.54 Å². The molecule has 1 saturated heterocycles. The van der Waals surface area contributed by atoms with Crippen LogP contribution in [0.1, 0.15) is 22.9 Å². The van der Waals surface area contributed by atoms with E-state index in [-0.39, 0.29) is 18.1 Å². The zero-order valence-electron chi connectivity index (χ0n) is 13.1. The van der Waals surface area contributed by atoms with Crippen molar-refractivity contribution in [3.8, 4) is 0 Å². The fourth-order valence-corrected chi connectivity index (χ4v) is 3.61. The molecule has 0 bridgehead atoms. The fourth-order valence-electron chi connectivity index (χ4n) is 2.78. The standard InChI is InChI=1S/C16H15N3O4S/c1-10-11(5-3-6-12(10)19(22)23)9-18-14(20)16(2,17-15(18)21)13-7-4-8-24-13/h3-8H,9H2,1-2H3,(H,17,21)/t16-/m1/s1. The number of urea groups is 1. The molecule has 0 aliphatic carbocycles. The van der Waals surface area contributed by atoms with Crippen molar-refractivity contribution in [3.05, 3.63) is 61.8 Å². The molecule has 2 aromatic rings. The molecule has 0 saturated carbocycles. The molecule has 1 N–H and O–H groups in total. The number of nitro groups is 1. The highest BCUT2D eigenvalue weighted by Gasteiger charge is 2.49. The van der Waals surface area contributed by atoms with Gasteiger partial charge < -0.3 is 5.32 Å². The minimum atomic E-state index is -1.10. The summed E-state index contributed by atoms with van der Waals surface area (Å²) in [4.78, 5) is 37.5. The number of carbonyl (C=O) groups excluding carboxylic acids is 2. The molecule has 2 heterocycles. The number of benzene rings is 1. The van der Waals surface area contributed by atoms with Crippen molar-refractivity contribution in [1.29, 1.82) is 0 Å². The van der Waals surface area contributed by atoms with E-state index in [4.69, 9.17) is 0 Å². The van der Waals surface area contributed by atoms with Crippen LogP contribution in [0.25, 0.3) is 0 Å². The lowest BCUT2D eigenvalue weighted by Crippen LogP contribution is -2.40. The number of hydrogen-bond acceptors (Lipinski definition) is 5. The van der Waals surface area contributed by atoms with E-state index in [1.807, 2.05) is 11.4 Å². The Labute approximate surface area is 142 Å². The summed E-state index contributed by atoms with van der Waals surface area (Å²) < 4.78 is 0. The lowest BCUT2D eigenvalue weighted by atomic mass is 10.00. The van der Waals surface area contributed by atoms with Crippen molar-refractivity contribution in [2.24, 2.45) is 0 Å². The summed E-state index contributed by atoms with van der Waals surface area (Å²) in [6.45, 7) is 3.28. The number of imide groups is 1. The Balaban J connectivity index is 1.92. The van der Waals surface area contributed by atoms with Gasteiger partial charge in [0.2, 0.25) is 0 Å². The summed E-state index contributed by atoms with van der Waals surface area (Å²) in [7, 11) is 0. The lowest BCUT2D eigenvalue weighted by Gasteiger charge is -2.20. The largest absolute Gasteiger partial charge is 0.325 e. The van der Waals surface area contributed by atoms with Crippen LogP contribution in [0.15, 0.2) is 35.7 Å². The topological polar surface area (TPSA) is 92.6 Å². The molecule has 1 aromatic carbocycles. The Morgan fingerprint density at radius 1 is 1.29 bits per heavy atom. The van der Waals surface area contributed by atoms with Crippen molar-refractivity contribution in [2.75, 3.05) is 0 Å². The monoisotopic (exact) mass is 345 g/mol. The molecule has 8 heteroatoms. The number of rotatable bonds is 4. The Morgan fingerprint density at radius 2 is 2.04 bits per heavy atom. The average molecular weight is 345 g/mol. The zero-order valence-corrected chi connectivity index (χ0v) is 13.9. The molecule has 1 fully saturated rings. The third-order valence-corrected chi connectivity index (χ3v) is 5.32. The van der Waals surface area contributed by atoms with Gasteiger partial charge in [0.25, 0.3) is 11.6 Å². The van der Waals surface area contributed by atoms with Crippen molar-refractivity contribution >= 4 is 29.0 Å². The van der Waals surface area contributed by atoms with Gasteiger partial charge in [-0.3, -0.25) is 19.8 Å². The fraction of sp³-hybridized carbons (Fsp3) is 0.250. The van der Waals surface area contributed by atoms with Crippen molar-refractivity contribution in [3.63, 3.8) is 0 Å². The van der Waals surface area contributed by atoms with Crippen LogP contribution in [-0.2, 0) is 16.9 Å². The number of nitrogens with one attached hydrogen (secondary N) is 1. The maximum absolute atomic E-state index is 12.8. The van der Waals surface area contributed by atoms with Crippen LogP contribution in [0.5, 0.6) is 0 Å². The maximum Gasteiger partial charge on any atom is 0.325 e. The van der Waals surface area contributed by atoms with Gasteiger partial charge in [-0.15, -0.1) is 11.3 Å². The van der Waals surface area contributed by atoms with Gasteiger partial charge in [0.1, 0.15) is 0 Å². The predicted molar refractivity (Wildman–Crippen MR) is 88.6 cm³/mol. The number of thiophene rings is 1. The van der Waals surface area contributed by atoms with Crippen LogP contribution in [-0.4, -0.2) is 21.8 Å². The van der Waals surface area contributed by atoms with Crippen molar-refractivity contribution in [1.82, 2.24) is 10.2 Å². The van der Waals surface area contributed by atoms with Crippen LogP contribution in [0.3, 0.4) is 0 Å². The van der Waals surface area contributed by atoms with Crippen LogP contribution in [0.4, 0.5) is 10.5 Å². The first-order valence-electron chi connectivity index (χ1n) is 7.25. The van der Waals surface area contributed by atoms with Crippen LogP contribution in [0.2, 0.25) is 0 Å². The van der Waals surface area contributed by atoms with Crippen LogP contribution >= 0.6 is 11.3 Å². The summed E-state index contributed by atoms with van der Waals surface area (Å²) in [5.74, 6) is -0.360. The van der Waals surface area contributed by atoms with Crippen LogP contribution in [0, 0.1) is 17.0 Å². The van der Waals surface area contributed by atoms with E-state index >= 15 is 0 Å². The molecule has 24 heavy (non-hydrogen) atoms. The predicted octanol–water partition coefficient (Wildman–Crippen LogP) is 2.93. The molecule has 124 valence electrons. The summed E-state index contributed by atoms with van der Waals surface area (Å²) in [5, 5.41) is 15.6. The number of nitro benzene ring substituents is 1. The first kappa shape index (κ1) is 16.1. The number of amides is 3. The second kappa shape index (κ2) is 5.72. The summed E-state index contributed by atoms with van der Waals surface area (Å²) in [6.07, 6.45) is 0. The van der Waals surface area contributed by atoms with Gasteiger partial charge in [-0.05, 0) is 30.9 Å². The molecule has 0 radical (unpaired) electrons. The highest BCUT2D eigenvalue weighted by atomic mass is 32.1. The van der Waals surface area contributed by atoms with Gasteiger partial charge in [0, 0.05) is 16.5 Å². The van der Waals surface area contributed by atoms with E-state index in [0.29, 0.717) is 11.1 Å². The van der Waals surface area contributed by atoms with E-state index in [9.17, 15) is 19.7 Å². The van der Waals surface area contributed by atoms with Gasteiger partial charge >= 0.3 is 6.03 Å². The van der Waals surface area contributed by atoms with Crippen molar-refractivity contribution in [2.45, 2.75) is 25.9 Å². The highest BCUT2D eigenvalue weighted by Crippen LogP contribution is 2.33. The van der Waals surface area contributed by atoms with Gasteiger partial charge in [0.05, 0.1) is 11.5 Å². The Morgan fingerprint density at radius 3 is 2.67 bits per heavy atom. The summed E-state index contributed by atoms with van der Waals surface area (Å²) >= 11 is 1.39. The number of carbonyl (C=O) groups is 2. The highest BCUT2D eigenvalue weighted by molar-refractivity contribution is 7.10. The molecule has 1 aliphatic rings. The molecular weight excluding hydrogens is 330 g/mol. The normalized spacial score (nSPS) is 20.3. The molecule has 7 nitrogen and oxygen atoms in total. The van der Waals surface area contributed by atoms with E-state index < -0.39 is 16.5 Å². The van der Waals surface area contributed by atoms with E-state index in [2.05, 4.69) is 5.32 Å². The third kappa shape index (κ3) is 2.44. The Kier molecular flexibility index (Phi) is 3.84. The molecule has 0 spiro atoms. The SMILES string of the molecule is Cc1c(CN2C(=O)N[C@](C)(c3cccs3)C2=O)cccc1[N+](=O)[O-]. The molecule has 3 amide bonds. The molecular formula is C16H15N3O4S. The molecule has 1 aromatic heterocycles. The summed E-state index contributed by atoms with van der Waals surface area (Å²) in [5.41, 5.74) is -0.101. The van der Waals surface area contributed by atoms with Gasteiger partial charge in [-0.25, -0.2) is 4.79 Å². The van der Waals surface area contributed by atoms with Gasteiger partial charge in [-0.1, -0.05) is 18.2 Å². The van der Waals surface area contributed by atoms with E-state index in [0.717, 1.165) is 9.78 Å².